The lowest BCUT2D eigenvalue weighted by molar-refractivity contribution is -0.143. The van der Waals surface area contributed by atoms with Gasteiger partial charge >= 0.3 is 5.97 Å². The number of aliphatic hydroxyl groups excluding tert-OH is 1. The highest BCUT2D eigenvalue weighted by molar-refractivity contribution is 7.89. The van der Waals surface area contributed by atoms with E-state index in [1.165, 1.54) is 67.8 Å². The quantitative estimate of drug-likeness (QED) is 0.124. The van der Waals surface area contributed by atoms with E-state index in [4.69, 9.17) is 0 Å². The van der Waals surface area contributed by atoms with Crippen LogP contribution in [0, 0.1) is 11.6 Å². The number of halogens is 2. The number of nitrogens with zero attached hydrogens (tertiary/aromatic N) is 1. The molecule has 0 fully saturated rings. The summed E-state index contributed by atoms with van der Waals surface area (Å²) in [7, 11) is -2.10. The van der Waals surface area contributed by atoms with Crippen molar-refractivity contribution >= 4 is 39.3 Å². The van der Waals surface area contributed by atoms with Crippen molar-refractivity contribution in [2.75, 3.05) is 18.7 Å². The summed E-state index contributed by atoms with van der Waals surface area (Å²) < 4.78 is 58.0. The Hall–Kier alpha value is -4.94. The molecule has 48 heavy (non-hydrogen) atoms. The second kappa shape index (κ2) is 15.3. The van der Waals surface area contributed by atoms with Crippen LogP contribution in [0.3, 0.4) is 0 Å². The van der Waals surface area contributed by atoms with Crippen LogP contribution >= 0.6 is 0 Å². The van der Waals surface area contributed by atoms with Gasteiger partial charge in [0.2, 0.25) is 0 Å². The maximum Gasteiger partial charge on any atom is 0.308 e. The van der Waals surface area contributed by atoms with E-state index in [1.54, 1.807) is 28.8 Å². The van der Waals surface area contributed by atoms with Crippen molar-refractivity contribution in [1.82, 2.24) is 4.57 Å². The molecule has 1 heterocycles. The van der Waals surface area contributed by atoms with Crippen LogP contribution in [0.5, 0.6) is 0 Å². The normalized spacial score (nSPS) is 12.3. The van der Waals surface area contributed by atoms with E-state index in [2.05, 4.69) is 10.1 Å². The van der Waals surface area contributed by atoms with Gasteiger partial charge in [-0.15, -0.1) is 0 Å². The number of hydrogen-bond donors (Lipinski definition) is 2. The second-order valence-corrected chi connectivity index (χ2v) is 13.8. The Labute approximate surface area is 277 Å². The van der Waals surface area contributed by atoms with Crippen LogP contribution in [-0.2, 0) is 29.9 Å². The zero-order valence-electron chi connectivity index (χ0n) is 26.9. The third-order valence-corrected chi connectivity index (χ3v) is 8.23. The summed E-state index contributed by atoms with van der Waals surface area (Å²) in [4.78, 5) is 38.8. The number of sulfone groups is 1. The number of anilines is 1. The monoisotopic (exact) mass is 678 g/mol. The minimum absolute atomic E-state index is 0.161. The lowest BCUT2D eigenvalue weighted by atomic mass is 9.94. The van der Waals surface area contributed by atoms with Gasteiger partial charge in [-0.05, 0) is 79.1 Å². The number of nitrogens with one attached hydrogen (secondary N) is 1. The largest absolute Gasteiger partial charge is 0.469 e. The molecule has 0 radical (unpaired) electrons. The lowest BCUT2D eigenvalue weighted by Gasteiger charge is -2.17. The minimum Gasteiger partial charge on any atom is -0.469 e. The van der Waals surface area contributed by atoms with Gasteiger partial charge in [0.15, 0.2) is 15.6 Å². The van der Waals surface area contributed by atoms with Crippen LogP contribution < -0.4 is 5.32 Å². The van der Waals surface area contributed by atoms with Crippen LogP contribution in [0.15, 0.2) is 78.9 Å². The van der Waals surface area contributed by atoms with Crippen LogP contribution in [0.2, 0.25) is 0 Å². The van der Waals surface area contributed by atoms with Gasteiger partial charge in [0.05, 0.1) is 31.1 Å². The first-order valence-corrected chi connectivity index (χ1v) is 17.1. The molecule has 0 aliphatic rings. The van der Waals surface area contributed by atoms with Crippen molar-refractivity contribution in [3.8, 4) is 22.3 Å². The van der Waals surface area contributed by atoms with Crippen molar-refractivity contribution in [2.45, 2.75) is 44.6 Å². The standard InChI is InChI=1S/C36H36F2N2O7S/c1-22(2)40-31(18-17-29(41)19-30(42)20-32(43)47-3)33(24-7-11-26(37)12-8-24)34(25-9-13-27(38)14-10-25)35(40)36(44)39-28-15-5-23(6-16-28)21-48(4,45)46/h5-18,22,30,42H,19-21H2,1-4H3,(H,39,44)/b18-17+/t30-/m1/s1. The topological polar surface area (TPSA) is 132 Å². The molecule has 1 atom stereocenters. The van der Waals surface area contributed by atoms with Crippen molar-refractivity contribution in [1.29, 1.82) is 0 Å². The number of carbonyl (C=O) groups excluding carboxylic acids is 3. The number of ketones is 1. The molecule has 252 valence electrons. The molecule has 0 saturated heterocycles. The summed E-state index contributed by atoms with van der Waals surface area (Å²) >= 11 is 0. The molecule has 2 N–H and O–H groups in total. The third-order valence-electron chi connectivity index (χ3n) is 7.38. The van der Waals surface area contributed by atoms with E-state index >= 15 is 0 Å². The number of rotatable bonds is 13. The summed E-state index contributed by atoms with van der Waals surface area (Å²) in [6, 6.07) is 17.1. The average Bonchev–Trinajstić information content (AvgIpc) is 3.36. The van der Waals surface area contributed by atoms with E-state index < -0.39 is 45.2 Å². The number of methoxy groups -OCH3 is 1. The average molecular weight is 679 g/mol. The number of allylic oxidation sites excluding steroid dienone is 1. The molecule has 3 aromatic carbocycles. The summed E-state index contributed by atoms with van der Waals surface area (Å²) in [5, 5.41) is 13.1. The number of hydrogen-bond acceptors (Lipinski definition) is 7. The first-order chi connectivity index (χ1) is 22.7. The fourth-order valence-corrected chi connectivity index (χ4v) is 6.13. The van der Waals surface area contributed by atoms with E-state index in [9.17, 15) is 36.7 Å². The van der Waals surface area contributed by atoms with E-state index in [-0.39, 0.29) is 30.3 Å². The van der Waals surface area contributed by atoms with E-state index in [0.717, 1.165) is 6.26 Å². The van der Waals surface area contributed by atoms with Gasteiger partial charge in [0.25, 0.3) is 5.91 Å². The molecule has 4 aromatic rings. The highest BCUT2D eigenvalue weighted by atomic mass is 32.2. The van der Waals surface area contributed by atoms with Gasteiger partial charge in [-0.1, -0.05) is 36.4 Å². The van der Waals surface area contributed by atoms with Crippen molar-refractivity contribution in [3.63, 3.8) is 0 Å². The molecule has 12 heteroatoms. The molecule has 0 unspecified atom stereocenters. The Bertz CT molecular complexity index is 1930. The highest BCUT2D eigenvalue weighted by Gasteiger charge is 2.30. The SMILES string of the molecule is COC(=O)C[C@H](O)CC(=O)/C=C/c1c(-c2ccc(F)cc2)c(-c2ccc(F)cc2)c(C(=O)Nc2ccc(CS(C)(=O)=O)cc2)n1C(C)C. The van der Waals surface area contributed by atoms with Gasteiger partial charge in [0.1, 0.15) is 17.3 Å². The van der Waals surface area contributed by atoms with E-state index in [0.29, 0.717) is 39.2 Å². The Morgan fingerprint density at radius 3 is 1.92 bits per heavy atom. The number of carbonyl (C=O) groups is 3. The smallest absolute Gasteiger partial charge is 0.308 e. The minimum atomic E-state index is -3.27. The van der Waals surface area contributed by atoms with Gasteiger partial charge in [-0.25, -0.2) is 17.2 Å². The first kappa shape index (κ1) is 35.9. The summed E-state index contributed by atoms with van der Waals surface area (Å²) in [6.07, 6.45) is 1.85. The Kier molecular flexibility index (Phi) is 11.5. The third kappa shape index (κ3) is 9.11. The van der Waals surface area contributed by atoms with Crippen molar-refractivity contribution in [3.05, 3.63) is 107 Å². The van der Waals surface area contributed by atoms with Crippen LogP contribution in [-0.4, -0.2) is 55.2 Å². The van der Waals surface area contributed by atoms with Crippen molar-refractivity contribution < 1.29 is 41.4 Å². The zero-order valence-corrected chi connectivity index (χ0v) is 27.7. The van der Waals surface area contributed by atoms with Crippen molar-refractivity contribution in [2.24, 2.45) is 0 Å². The molecule has 1 amide bonds. The fourth-order valence-electron chi connectivity index (χ4n) is 5.33. The maximum atomic E-state index is 14.3. The maximum absolute atomic E-state index is 14.3. The number of ether oxygens (including phenoxy) is 1. The number of amides is 1. The first-order valence-electron chi connectivity index (χ1n) is 15.0. The molecule has 9 nitrogen and oxygen atoms in total. The molecule has 0 spiro atoms. The number of aromatic nitrogens is 1. The van der Waals surface area contributed by atoms with Gasteiger partial charge in [-0.2, -0.15) is 0 Å². The highest BCUT2D eigenvalue weighted by Crippen LogP contribution is 2.43. The Morgan fingerprint density at radius 1 is 0.875 bits per heavy atom. The van der Waals surface area contributed by atoms with Crippen LogP contribution in [0.4, 0.5) is 14.5 Å². The summed E-state index contributed by atoms with van der Waals surface area (Å²) in [5.74, 6) is -2.88. The number of benzene rings is 3. The second-order valence-electron chi connectivity index (χ2n) is 11.6. The molecule has 0 saturated carbocycles. The Morgan fingerprint density at radius 2 is 1.42 bits per heavy atom. The fraction of sp³-hybridized carbons (Fsp3) is 0.250. The van der Waals surface area contributed by atoms with Gasteiger partial charge in [0, 0.05) is 35.5 Å². The Balaban J connectivity index is 1.91. The van der Waals surface area contributed by atoms with Crippen LogP contribution in [0.25, 0.3) is 28.3 Å². The predicted octanol–water partition coefficient (Wildman–Crippen LogP) is 6.37. The lowest BCUT2D eigenvalue weighted by Crippen LogP contribution is -2.20. The molecule has 1 aromatic heterocycles. The molecule has 0 aliphatic carbocycles. The summed E-state index contributed by atoms with van der Waals surface area (Å²) in [6.45, 7) is 3.66. The van der Waals surface area contributed by atoms with Gasteiger partial charge < -0.3 is 19.7 Å². The summed E-state index contributed by atoms with van der Waals surface area (Å²) in [5.41, 5.74) is 3.32. The molecular weight excluding hydrogens is 642 g/mol. The molecule has 0 bridgehead atoms. The zero-order chi connectivity index (χ0) is 35.2. The number of esters is 1. The molecular formula is C36H36F2N2O7S. The van der Waals surface area contributed by atoms with Gasteiger partial charge in [-0.3, -0.25) is 14.4 Å². The number of aliphatic hydroxyl groups is 1. The van der Waals surface area contributed by atoms with Crippen LogP contribution in [0.1, 0.15) is 54.5 Å². The molecule has 4 rings (SSSR count). The molecule has 0 aliphatic heterocycles. The van der Waals surface area contributed by atoms with E-state index in [1.807, 2.05) is 13.8 Å². The predicted molar refractivity (Wildman–Crippen MR) is 180 cm³/mol.